The molecule has 0 aliphatic heterocycles. The Labute approximate surface area is 140 Å². The molecule has 0 unspecified atom stereocenters. The lowest BCUT2D eigenvalue weighted by Crippen LogP contribution is -2.01. The second kappa shape index (κ2) is 7.78. The van der Waals surface area contributed by atoms with E-state index in [0.29, 0.717) is 0 Å². The molecule has 2 aromatic carbocycles. The summed E-state index contributed by atoms with van der Waals surface area (Å²) in [6.45, 7) is 8.24. The lowest BCUT2D eigenvalue weighted by molar-refractivity contribution is 1.30. The maximum atomic E-state index is 5.92. The van der Waals surface area contributed by atoms with Crippen molar-refractivity contribution in [3.8, 4) is 0 Å². The summed E-state index contributed by atoms with van der Waals surface area (Å²) in [4.78, 5) is 4.55. The molecule has 0 heterocycles. The fourth-order valence-corrected chi connectivity index (χ4v) is 2.59. The van der Waals surface area contributed by atoms with E-state index in [1.54, 1.807) is 0 Å². The van der Waals surface area contributed by atoms with Crippen molar-refractivity contribution >= 4 is 31.2 Å². The van der Waals surface area contributed by atoms with Gasteiger partial charge in [-0.25, -0.2) is 0 Å². The maximum Gasteiger partial charge on any atom is 0.113 e. The second-order valence-electron chi connectivity index (χ2n) is 5.54. The van der Waals surface area contributed by atoms with Gasteiger partial charge in [0, 0.05) is 11.8 Å². The van der Waals surface area contributed by atoms with Crippen LogP contribution < -0.4 is 5.46 Å². The number of benzene rings is 2. The average molecular weight is 299 g/mol. The average Bonchev–Trinajstić information content (AvgIpc) is 2.54. The molecular formula is C21H22BN. The summed E-state index contributed by atoms with van der Waals surface area (Å²) in [6.07, 6.45) is 6.02. The van der Waals surface area contributed by atoms with Gasteiger partial charge in [0.05, 0.1) is 5.70 Å². The van der Waals surface area contributed by atoms with E-state index in [1.165, 1.54) is 16.7 Å². The van der Waals surface area contributed by atoms with Crippen LogP contribution in [-0.4, -0.2) is 14.1 Å². The Morgan fingerprint density at radius 1 is 1.04 bits per heavy atom. The Bertz CT molecular complexity index is 782. The topological polar surface area (TPSA) is 12.4 Å². The summed E-state index contributed by atoms with van der Waals surface area (Å²) in [5.74, 6) is 0. The standard InChI is InChI=1S/C21H22BN/c1-5-21(23-6-2)20(14-17-10-8-11-18(22)13-17)19-12-7-9-15(3)16(19)4/h5-14H,1-4H3/b20-14-,21-5-,23-6?. The zero-order valence-corrected chi connectivity index (χ0v) is 14.3. The van der Waals surface area contributed by atoms with E-state index in [2.05, 4.69) is 49.2 Å². The van der Waals surface area contributed by atoms with Crippen molar-refractivity contribution in [2.45, 2.75) is 27.7 Å². The van der Waals surface area contributed by atoms with Gasteiger partial charge < -0.3 is 0 Å². The molecule has 23 heavy (non-hydrogen) atoms. The number of rotatable bonds is 4. The van der Waals surface area contributed by atoms with E-state index < -0.39 is 0 Å². The van der Waals surface area contributed by atoms with Gasteiger partial charge in [0.15, 0.2) is 0 Å². The van der Waals surface area contributed by atoms with Gasteiger partial charge in [0.1, 0.15) is 7.85 Å². The van der Waals surface area contributed by atoms with Gasteiger partial charge in [-0.15, -0.1) is 0 Å². The highest BCUT2D eigenvalue weighted by Crippen LogP contribution is 2.30. The van der Waals surface area contributed by atoms with Crippen LogP contribution in [0.25, 0.3) is 11.6 Å². The predicted octanol–water partition coefficient (Wildman–Crippen LogP) is 4.63. The molecule has 0 amide bonds. The fraction of sp³-hybridized carbons (Fsp3) is 0.190. The first-order valence-electron chi connectivity index (χ1n) is 7.86. The first kappa shape index (κ1) is 17.0. The Kier molecular flexibility index (Phi) is 5.75. The molecule has 0 aliphatic rings. The SMILES string of the molecule is [B]c1cccc(/C=C(\C(=C\C)N=CC)c2cccc(C)c2C)c1. The van der Waals surface area contributed by atoms with Crippen molar-refractivity contribution in [1.29, 1.82) is 0 Å². The van der Waals surface area contributed by atoms with E-state index in [4.69, 9.17) is 7.85 Å². The first-order valence-corrected chi connectivity index (χ1v) is 7.86. The molecule has 0 N–H and O–H groups in total. The lowest BCUT2D eigenvalue weighted by atomic mass is 9.91. The molecule has 2 heteroatoms. The molecule has 0 fully saturated rings. The molecule has 0 saturated heterocycles. The number of nitrogens with zero attached hydrogens (tertiary/aromatic N) is 1. The zero-order chi connectivity index (χ0) is 16.8. The summed E-state index contributed by atoms with van der Waals surface area (Å²) >= 11 is 0. The van der Waals surface area contributed by atoms with E-state index in [-0.39, 0.29) is 0 Å². The van der Waals surface area contributed by atoms with Crippen molar-refractivity contribution in [2.24, 2.45) is 4.99 Å². The van der Waals surface area contributed by atoms with Crippen LogP contribution in [0, 0.1) is 13.8 Å². The van der Waals surface area contributed by atoms with Gasteiger partial charge in [0.2, 0.25) is 0 Å². The molecular weight excluding hydrogens is 277 g/mol. The largest absolute Gasteiger partial charge is 0.261 e. The molecule has 2 radical (unpaired) electrons. The van der Waals surface area contributed by atoms with E-state index in [0.717, 1.165) is 22.3 Å². The number of hydrogen-bond donors (Lipinski definition) is 0. The van der Waals surface area contributed by atoms with Crippen LogP contribution >= 0.6 is 0 Å². The van der Waals surface area contributed by atoms with Gasteiger partial charge in [0.25, 0.3) is 0 Å². The second-order valence-corrected chi connectivity index (χ2v) is 5.54. The highest BCUT2D eigenvalue weighted by atomic mass is 14.7. The Morgan fingerprint density at radius 3 is 2.43 bits per heavy atom. The van der Waals surface area contributed by atoms with Crippen molar-refractivity contribution in [1.82, 2.24) is 0 Å². The van der Waals surface area contributed by atoms with Crippen molar-refractivity contribution < 1.29 is 0 Å². The summed E-state index contributed by atoms with van der Waals surface area (Å²) in [7, 11) is 5.92. The molecule has 0 atom stereocenters. The number of aliphatic imine (C=N–C) groups is 1. The summed E-state index contributed by atoms with van der Waals surface area (Å²) < 4.78 is 0. The highest BCUT2D eigenvalue weighted by molar-refractivity contribution is 6.32. The van der Waals surface area contributed by atoms with Crippen molar-refractivity contribution in [3.63, 3.8) is 0 Å². The van der Waals surface area contributed by atoms with Crippen LogP contribution in [0.15, 0.2) is 59.2 Å². The van der Waals surface area contributed by atoms with Crippen LogP contribution in [0.5, 0.6) is 0 Å². The fourth-order valence-electron chi connectivity index (χ4n) is 2.59. The van der Waals surface area contributed by atoms with E-state index in [9.17, 15) is 0 Å². The third kappa shape index (κ3) is 4.10. The van der Waals surface area contributed by atoms with E-state index >= 15 is 0 Å². The normalized spacial score (nSPS) is 12.9. The number of allylic oxidation sites excluding steroid dienone is 2. The molecule has 2 aromatic rings. The zero-order valence-electron chi connectivity index (χ0n) is 14.3. The minimum Gasteiger partial charge on any atom is -0.261 e. The van der Waals surface area contributed by atoms with Crippen LogP contribution in [-0.2, 0) is 0 Å². The number of hydrogen-bond acceptors (Lipinski definition) is 1. The maximum absolute atomic E-state index is 5.92. The summed E-state index contributed by atoms with van der Waals surface area (Å²) in [5, 5.41) is 0. The molecule has 0 aromatic heterocycles. The highest BCUT2D eigenvalue weighted by Gasteiger charge is 2.11. The molecule has 114 valence electrons. The van der Waals surface area contributed by atoms with Crippen LogP contribution in [0.4, 0.5) is 0 Å². The molecule has 0 saturated carbocycles. The third-order valence-electron chi connectivity index (χ3n) is 3.93. The minimum atomic E-state index is 0.764. The predicted molar refractivity (Wildman–Crippen MR) is 104 cm³/mol. The van der Waals surface area contributed by atoms with Crippen molar-refractivity contribution in [2.75, 3.05) is 0 Å². The molecule has 0 aliphatic carbocycles. The van der Waals surface area contributed by atoms with Crippen molar-refractivity contribution in [3.05, 3.63) is 76.5 Å². The molecule has 1 nitrogen and oxygen atoms in total. The van der Waals surface area contributed by atoms with Crippen LogP contribution in [0.2, 0.25) is 0 Å². The number of aryl methyl sites for hydroxylation is 1. The van der Waals surface area contributed by atoms with Gasteiger partial charge in [-0.1, -0.05) is 54.0 Å². The first-order chi connectivity index (χ1) is 11.1. The summed E-state index contributed by atoms with van der Waals surface area (Å²) in [5.41, 5.74) is 7.66. The van der Waals surface area contributed by atoms with E-state index in [1.807, 2.05) is 44.3 Å². The lowest BCUT2D eigenvalue weighted by Gasteiger charge is -2.14. The minimum absolute atomic E-state index is 0.764. The van der Waals surface area contributed by atoms with Crippen LogP contribution in [0.1, 0.15) is 36.1 Å². The smallest absolute Gasteiger partial charge is 0.113 e. The van der Waals surface area contributed by atoms with Crippen LogP contribution in [0.3, 0.4) is 0 Å². The Hall–Kier alpha value is -2.35. The van der Waals surface area contributed by atoms with Gasteiger partial charge in [-0.3, -0.25) is 4.99 Å². The molecule has 0 spiro atoms. The van der Waals surface area contributed by atoms with Gasteiger partial charge in [-0.05, 0) is 56.0 Å². The quantitative estimate of drug-likeness (QED) is 0.338. The molecule has 2 rings (SSSR count). The van der Waals surface area contributed by atoms with Gasteiger partial charge in [-0.2, -0.15) is 0 Å². The van der Waals surface area contributed by atoms with Gasteiger partial charge >= 0.3 is 0 Å². The summed E-state index contributed by atoms with van der Waals surface area (Å²) in [6, 6.07) is 14.3. The Morgan fingerprint density at radius 2 is 1.78 bits per heavy atom. The third-order valence-corrected chi connectivity index (χ3v) is 3.93. The monoisotopic (exact) mass is 299 g/mol. The molecule has 0 bridgehead atoms. The Balaban J connectivity index is 2.68.